The van der Waals surface area contributed by atoms with Gasteiger partial charge in [-0.25, -0.2) is 13.8 Å². The van der Waals surface area contributed by atoms with Crippen molar-refractivity contribution in [3.05, 3.63) is 71.6 Å². The van der Waals surface area contributed by atoms with Crippen molar-refractivity contribution in [3.8, 4) is 0 Å². The fourth-order valence-electron chi connectivity index (χ4n) is 2.03. The van der Waals surface area contributed by atoms with Gasteiger partial charge in [0, 0.05) is 18.3 Å². The third-order valence-corrected chi connectivity index (χ3v) is 3.14. The highest BCUT2D eigenvalue weighted by Crippen LogP contribution is 2.11. The van der Waals surface area contributed by atoms with Gasteiger partial charge in [0.15, 0.2) is 0 Å². The Balaban J connectivity index is 1.77. The van der Waals surface area contributed by atoms with Gasteiger partial charge in [-0.2, -0.15) is 0 Å². The van der Waals surface area contributed by atoms with Gasteiger partial charge >= 0.3 is 0 Å². The van der Waals surface area contributed by atoms with Gasteiger partial charge in [0.05, 0.1) is 11.0 Å². The van der Waals surface area contributed by atoms with Gasteiger partial charge in [0.25, 0.3) is 5.91 Å². The summed E-state index contributed by atoms with van der Waals surface area (Å²) in [6, 6.07) is 9.78. The van der Waals surface area contributed by atoms with Crippen LogP contribution in [-0.2, 0) is 6.54 Å². The van der Waals surface area contributed by atoms with Crippen LogP contribution < -0.4 is 5.32 Å². The lowest BCUT2D eigenvalue weighted by Crippen LogP contribution is -2.24. The van der Waals surface area contributed by atoms with Crippen LogP contribution in [-0.4, -0.2) is 15.9 Å². The van der Waals surface area contributed by atoms with E-state index in [0.29, 0.717) is 11.0 Å². The molecule has 1 N–H and O–H groups in total. The second-order valence-electron chi connectivity index (χ2n) is 4.66. The minimum Gasteiger partial charge on any atom is -0.347 e. The molecule has 0 saturated heterocycles. The van der Waals surface area contributed by atoms with Crippen LogP contribution in [0.25, 0.3) is 11.0 Å². The number of fused-ring (bicyclic) bond motifs is 1. The summed E-state index contributed by atoms with van der Waals surface area (Å²) in [5, 5.41) is 2.52. The Morgan fingerprint density at radius 2 is 1.95 bits per heavy atom. The van der Waals surface area contributed by atoms with E-state index in [1.54, 1.807) is 24.4 Å². The summed E-state index contributed by atoms with van der Waals surface area (Å²) in [4.78, 5) is 20.3. The highest BCUT2D eigenvalue weighted by atomic mass is 19.1. The predicted octanol–water partition coefficient (Wildman–Crippen LogP) is 2.84. The zero-order valence-corrected chi connectivity index (χ0v) is 11.4. The van der Waals surface area contributed by atoms with Crippen molar-refractivity contribution in [3.63, 3.8) is 0 Å². The molecule has 2 aromatic heterocycles. The second kappa shape index (κ2) is 5.85. The molecule has 0 aliphatic rings. The van der Waals surface area contributed by atoms with Gasteiger partial charge in [0.2, 0.25) is 0 Å². The summed E-state index contributed by atoms with van der Waals surface area (Å²) in [5.41, 5.74) is 1.54. The van der Waals surface area contributed by atoms with Gasteiger partial charge < -0.3 is 5.32 Å². The third-order valence-electron chi connectivity index (χ3n) is 3.14. The van der Waals surface area contributed by atoms with Crippen molar-refractivity contribution in [1.29, 1.82) is 0 Å². The average molecular weight is 299 g/mol. The first kappa shape index (κ1) is 14.1. The quantitative estimate of drug-likeness (QED) is 0.809. The lowest BCUT2D eigenvalue weighted by atomic mass is 10.2. The summed E-state index contributed by atoms with van der Waals surface area (Å²) in [6.45, 7) is -0.116. The standard InChI is InChI=1S/C16H11F2N3O/c17-11-3-4-12(18)10(8-11)9-20-16(22)15-6-5-13-14(21-15)2-1-7-19-13/h1-8H,9H2,(H,20,22). The first-order chi connectivity index (χ1) is 10.6. The van der Waals surface area contributed by atoms with Gasteiger partial charge in [-0.05, 0) is 42.5 Å². The van der Waals surface area contributed by atoms with E-state index < -0.39 is 17.5 Å². The Morgan fingerprint density at radius 1 is 1.09 bits per heavy atom. The Hall–Kier alpha value is -2.89. The lowest BCUT2D eigenvalue weighted by Gasteiger charge is -2.06. The zero-order valence-electron chi connectivity index (χ0n) is 11.4. The molecule has 6 heteroatoms. The number of rotatable bonds is 3. The summed E-state index contributed by atoms with van der Waals surface area (Å²) in [5.74, 6) is -1.59. The SMILES string of the molecule is O=C(NCc1cc(F)ccc1F)c1ccc2ncccc2n1. The largest absolute Gasteiger partial charge is 0.347 e. The maximum absolute atomic E-state index is 13.5. The molecule has 0 aliphatic heterocycles. The first-order valence-electron chi connectivity index (χ1n) is 6.57. The van der Waals surface area contributed by atoms with Crippen LogP contribution in [0.5, 0.6) is 0 Å². The number of hydrogen-bond donors (Lipinski definition) is 1. The number of benzene rings is 1. The van der Waals surface area contributed by atoms with E-state index in [-0.39, 0.29) is 17.8 Å². The fourth-order valence-corrected chi connectivity index (χ4v) is 2.03. The van der Waals surface area contributed by atoms with Crippen LogP contribution in [0.15, 0.2) is 48.7 Å². The second-order valence-corrected chi connectivity index (χ2v) is 4.66. The van der Waals surface area contributed by atoms with Crippen molar-refractivity contribution in [2.45, 2.75) is 6.54 Å². The summed E-state index contributed by atoms with van der Waals surface area (Å²) < 4.78 is 26.6. The molecule has 4 nitrogen and oxygen atoms in total. The average Bonchev–Trinajstić information content (AvgIpc) is 2.55. The number of amides is 1. The van der Waals surface area contributed by atoms with Crippen LogP contribution in [0, 0.1) is 11.6 Å². The molecule has 2 heterocycles. The minimum absolute atomic E-state index is 0.0794. The lowest BCUT2D eigenvalue weighted by molar-refractivity contribution is 0.0946. The van der Waals surface area contributed by atoms with Crippen molar-refractivity contribution in [2.24, 2.45) is 0 Å². The van der Waals surface area contributed by atoms with Gasteiger partial charge in [-0.15, -0.1) is 0 Å². The molecule has 110 valence electrons. The van der Waals surface area contributed by atoms with E-state index in [1.807, 2.05) is 0 Å². The van der Waals surface area contributed by atoms with Crippen LogP contribution >= 0.6 is 0 Å². The third kappa shape index (κ3) is 2.90. The minimum atomic E-state index is -0.572. The van der Waals surface area contributed by atoms with Crippen LogP contribution in [0.2, 0.25) is 0 Å². The summed E-state index contributed by atoms with van der Waals surface area (Å²) in [7, 11) is 0. The molecule has 0 fully saturated rings. The van der Waals surface area contributed by atoms with Crippen molar-refractivity contribution in [1.82, 2.24) is 15.3 Å². The highest BCUT2D eigenvalue weighted by molar-refractivity contribution is 5.94. The van der Waals surface area contributed by atoms with E-state index in [0.717, 1.165) is 18.2 Å². The van der Waals surface area contributed by atoms with E-state index in [2.05, 4.69) is 15.3 Å². The van der Waals surface area contributed by atoms with Gasteiger partial charge in [-0.3, -0.25) is 9.78 Å². The molecule has 22 heavy (non-hydrogen) atoms. The highest BCUT2D eigenvalue weighted by Gasteiger charge is 2.10. The van der Waals surface area contributed by atoms with E-state index in [1.165, 1.54) is 6.07 Å². The van der Waals surface area contributed by atoms with Gasteiger partial charge in [0.1, 0.15) is 17.3 Å². The normalized spacial score (nSPS) is 10.6. The Bertz CT molecular complexity index is 852. The molecule has 0 radical (unpaired) electrons. The molecule has 0 atom stereocenters. The Kier molecular flexibility index (Phi) is 3.74. The Labute approximate surface area is 124 Å². The molecule has 0 saturated carbocycles. The number of nitrogens with one attached hydrogen (secondary N) is 1. The van der Waals surface area contributed by atoms with Crippen LogP contribution in [0.1, 0.15) is 16.1 Å². The molecule has 0 unspecified atom stereocenters. The Morgan fingerprint density at radius 3 is 2.82 bits per heavy atom. The number of hydrogen-bond acceptors (Lipinski definition) is 3. The molecule has 0 spiro atoms. The topological polar surface area (TPSA) is 54.9 Å². The van der Waals surface area contributed by atoms with E-state index in [4.69, 9.17) is 0 Å². The monoisotopic (exact) mass is 299 g/mol. The zero-order chi connectivity index (χ0) is 15.5. The molecular formula is C16H11F2N3O. The predicted molar refractivity (Wildman–Crippen MR) is 77.1 cm³/mol. The maximum Gasteiger partial charge on any atom is 0.270 e. The number of aromatic nitrogens is 2. The fraction of sp³-hybridized carbons (Fsp3) is 0.0625. The molecule has 3 aromatic rings. The maximum atomic E-state index is 13.5. The first-order valence-corrected chi connectivity index (χ1v) is 6.57. The van der Waals surface area contributed by atoms with Crippen molar-refractivity contribution in [2.75, 3.05) is 0 Å². The molecule has 1 aromatic carbocycles. The molecule has 0 bridgehead atoms. The van der Waals surface area contributed by atoms with Crippen molar-refractivity contribution < 1.29 is 13.6 Å². The number of halogens is 2. The van der Waals surface area contributed by atoms with E-state index >= 15 is 0 Å². The molecule has 3 rings (SSSR count). The number of nitrogens with zero attached hydrogens (tertiary/aromatic N) is 2. The van der Waals surface area contributed by atoms with Crippen molar-refractivity contribution >= 4 is 16.9 Å². The van der Waals surface area contributed by atoms with Crippen LogP contribution in [0.3, 0.4) is 0 Å². The number of pyridine rings is 2. The van der Waals surface area contributed by atoms with E-state index in [9.17, 15) is 13.6 Å². The molecular weight excluding hydrogens is 288 g/mol. The number of carbonyl (C=O) groups excluding carboxylic acids is 1. The summed E-state index contributed by atoms with van der Waals surface area (Å²) >= 11 is 0. The number of carbonyl (C=O) groups is 1. The smallest absolute Gasteiger partial charge is 0.270 e. The molecule has 1 amide bonds. The van der Waals surface area contributed by atoms with Gasteiger partial charge in [-0.1, -0.05) is 0 Å². The summed E-state index contributed by atoms with van der Waals surface area (Å²) in [6.07, 6.45) is 1.64. The molecule has 0 aliphatic carbocycles. The van der Waals surface area contributed by atoms with Crippen LogP contribution in [0.4, 0.5) is 8.78 Å².